The van der Waals surface area contributed by atoms with Crippen molar-refractivity contribution in [2.45, 2.75) is 72.6 Å². The Morgan fingerprint density at radius 2 is 1.87 bits per heavy atom. The Balaban J connectivity index is 2.04. The number of benzene rings is 1. The first-order chi connectivity index (χ1) is 21.3. The molecule has 3 aromatic heterocycles. The summed E-state index contributed by atoms with van der Waals surface area (Å²) in [5.74, 6) is -1.70. The van der Waals surface area contributed by atoms with E-state index in [1.807, 2.05) is 19.9 Å². The van der Waals surface area contributed by atoms with Gasteiger partial charge in [0.2, 0.25) is 0 Å². The zero-order valence-corrected chi connectivity index (χ0v) is 26.8. The van der Waals surface area contributed by atoms with Crippen molar-refractivity contribution in [3.05, 3.63) is 73.9 Å². The molecule has 0 spiro atoms. The van der Waals surface area contributed by atoms with Crippen LogP contribution in [0.2, 0.25) is 0 Å². The molecule has 1 atom stereocenters. The third-order valence-electron chi connectivity index (χ3n) is 7.36. The largest absolute Gasteiger partial charge is 0.462 e. The third kappa shape index (κ3) is 6.64. The first kappa shape index (κ1) is 33.4. The van der Waals surface area contributed by atoms with Crippen molar-refractivity contribution in [2.24, 2.45) is 5.92 Å². The monoisotopic (exact) mass is 638 g/mol. The number of nitriles is 1. The van der Waals surface area contributed by atoms with Gasteiger partial charge >= 0.3 is 11.7 Å². The lowest BCUT2D eigenvalue weighted by atomic mass is 9.91. The molecule has 0 bridgehead atoms. The van der Waals surface area contributed by atoms with Crippen LogP contribution in [0.4, 0.5) is 4.39 Å². The predicted molar refractivity (Wildman–Crippen MR) is 165 cm³/mol. The molecule has 0 saturated heterocycles. The van der Waals surface area contributed by atoms with Crippen LogP contribution in [0.25, 0.3) is 15.2 Å². The van der Waals surface area contributed by atoms with Crippen LogP contribution in [0.1, 0.15) is 75.0 Å². The van der Waals surface area contributed by atoms with Crippen LogP contribution in [0.3, 0.4) is 0 Å². The van der Waals surface area contributed by atoms with Gasteiger partial charge in [-0.25, -0.2) is 18.5 Å². The van der Waals surface area contributed by atoms with E-state index in [0.29, 0.717) is 10.6 Å². The minimum atomic E-state index is -1.53. The number of aromatic nitrogens is 5. The molecule has 1 aromatic carbocycles. The Hall–Kier alpha value is -4.48. The highest BCUT2D eigenvalue weighted by molar-refractivity contribution is 7.21. The number of ether oxygens (including phenoxy) is 2. The van der Waals surface area contributed by atoms with Crippen molar-refractivity contribution in [2.75, 3.05) is 13.2 Å². The molecule has 238 valence electrons. The molecule has 4 aromatic rings. The second-order valence-corrected chi connectivity index (χ2v) is 12.3. The van der Waals surface area contributed by atoms with E-state index in [0.717, 1.165) is 28.0 Å². The summed E-state index contributed by atoms with van der Waals surface area (Å²) >= 11 is 1.09. The van der Waals surface area contributed by atoms with E-state index in [-0.39, 0.29) is 65.6 Å². The van der Waals surface area contributed by atoms with Gasteiger partial charge in [0.25, 0.3) is 5.56 Å². The minimum Gasteiger partial charge on any atom is -0.462 e. The zero-order valence-electron chi connectivity index (χ0n) is 26.0. The second-order valence-electron chi connectivity index (χ2n) is 11.4. The molecule has 0 N–H and O–H groups in total. The summed E-state index contributed by atoms with van der Waals surface area (Å²) in [7, 11) is 0. The van der Waals surface area contributed by atoms with E-state index in [2.05, 4.69) is 10.2 Å². The molecule has 3 heterocycles. The number of thiophene rings is 1. The summed E-state index contributed by atoms with van der Waals surface area (Å²) in [5.41, 5.74) is -2.36. The van der Waals surface area contributed by atoms with Crippen LogP contribution < -0.4 is 11.2 Å². The van der Waals surface area contributed by atoms with Crippen molar-refractivity contribution in [1.82, 2.24) is 24.1 Å². The van der Waals surface area contributed by atoms with Gasteiger partial charge in [-0.3, -0.25) is 14.2 Å². The molecule has 45 heavy (non-hydrogen) atoms. The Bertz CT molecular complexity index is 1880. The predicted octanol–water partition coefficient (Wildman–Crippen LogP) is 4.45. The van der Waals surface area contributed by atoms with E-state index in [1.165, 1.54) is 41.7 Å². The van der Waals surface area contributed by atoms with Gasteiger partial charge in [-0.1, -0.05) is 25.2 Å². The quantitative estimate of drug-likeness (QED) is 0.153. The fourth-order valence-electron chi connectivity index (χ4n) is 5.09. The topological polar surface area (TPSA) is 151 Å². The molecule has 0 aliphatic heterocycles. The maximum absolute atomic E-state index is 14.7. The van der Waals surface area contributed by atoms with Crippen LogP contribution in [-0.2, 0) is 26.4 Å². The van der Waals surface area contributed by atoms with Gasteiger partial charge in [0.15, 0.2) is 5.78 Å². The number of nitrogens with zero attached hydrogens (tertiary/aromatic N) is 6. The molecule has 4 rings (SSSR count). The minimum absolute atomic E-state index is 0.0195. The lowest BCUT2D eigenvalue weighted by molar-refractivity contribution is -0.127. The number of esters is 1. The van der Waals surface area contributed by atoms with Gasteiger partial charge in [0.1, 0.15) is 27.3 Å². The molecule has 0 unspecified atom stereocenters. The number of carbonyl (C=O) groups is 2. The van der Waals surface area contributed by atoms with Crippen LogP contribution in [0.15, 0.2) is 40.2 Å². The zero-order chi connectivity index (χ0) is 33.1. The fourth-order valence-corrected chi connectivity index (χ4v) is 6.31. The summed E-state index contributed by atoms with van der Waals surface area (Å²) in [6.45, 7) is 9.81. The summed E-state index contributed by atoms with van der Waals surface area (Å²) in [5, 5.41) is 18.2. The highest BCUT2D eigenvalue weighted by Crippen LogP contribution is 2.33. The molecular formula is C31H35FN6O6S. The Labute approximate surface area is 262 Å². The van der Waals surface area contributed by atoms with Crippen LogP contribution in [-0.4, -0.2) is 49.1 Å². The Morgan fingerprint density at radius 3 is 2.49 bits per heavy atom. The van der Waals surface area contributed by atoms with Crippen LogP contribution in [0, 0.1) is 30.0 Å². The lowest BCUT2D eigenvalue weighted by Gasteiger charge is -2.28. The van der Waals surface area contributed by atoms with E-state index in [9.17, 15) is 28.8 Å². The van der Waals surface area contributed by atoms with Gasteiger partial charge in [-0.05, 0) is 57.4 Å². The number of halogens is 1. The van der Waals surface area contributed by atoms with Gasteiger partial charge < -0.3 is 9.47 Å². The molecule has 0 aliphatic carbocycles. The Kier molecular flexibility index (Phi) is 10.1. The molecule has 12 nitrogen and oxygen atoms in total. The van der Waals surface area contributed by atoms with Gasteiger partial charge in [0, 0.05) is 12.0 Å². The maximum atomic E-state index is 14.7. The number of rotatable bonds is 13. The average molecular weight is 639 g/mol. The van der Waals surface area contributed by atoms with Crippen molar-refractivity contribution < 1.29 is 23.5 Å². The number of ketones is 1. The molecule has 0 radical (unpaired) electrons. The highest BCUT2D eigenvalue weighted by atomic mass is 32.1. The molecular weight excluding hydrogens is 603 g/mol. The number of carbonyl (C=O) groups excluding carboxylic acids is 2. The molecule has 0 aliphatic rings. The van der Waals surface area contributed by atoms with E-state index in [4.69, 9.17) is 9.47 Å². The maximum Gasteiger partial charge on any atom is 0.338 e. The number of aryl methyl sites for hydroxylation is 1. The van der Waals surface area contributed by atoms with E-state index < -0.39 is 34.7 Å². The molecule has 0 fully saturated rings. The molecule has 0 amide bonds. The SMILES string of the molecule is CCOC(=O)c1ccc(F)cc1[C@H](Cn1c(=O)n(C(C)(C)C(=O)CC(C)C)c(=O)c2c(C)c(-n3nccn3)sc21)OCCC#N. The first-order valence-corrected chi connectivity index (χ1v) is 15.3. The molecule has 14 heteroatoms. The normalized spacial score (nSPS) is 12.4. The first-order valence-electron chi connectivity index (χ1n) is 14.5. The summed E-state index contributed by atoms with van der Waals surface area (Å²) in [4.78, 5) is 56.5. The summed E-state index contributed by atoms with van der Waals surface area (Å²) < 4.78 is 28.1. The van der Waals surface area contributed by atoms with Crippen LogP contribution >= 0.6 is 11.3 Å². The summed E-state index contributed by atoms with van der Waals surface area (Å²) in [6.07, 6.45) is 1.93. The number of fused-ring (bicyclic) bond motifs is 1. The van der Waals surface area contributed by atoms with Crippen molar-refractivity contribution >= 4 is 33.3 Å². The molecule has 0 saturated carbocycles. The standard InChI is InChI=1S/C31H35FN6O6S/c1-7-43-29(41)21-10-9-20(32)16-22(21)23(44-14-8-11-33)17-36-28-25(19(4)27(45-28)38-34-12-13-35-38)26(40)37(30(36)42)31(5,6)24(39)15-18(2)3/h9-10,12-13,16,18,23H,7-8,14-15,17H2,1-6H3/t23-/m0/s1. The smallest absolute Gasteiger partial charge is 0.338 e. The second kappa shape index (κ2) is 13.7. The van der Waals surface area contributed by atoms with E-state index >= 15 is 0 Å². The fraction of sp³-hybridized carbons (Fsp3) is 0.452. The van der Waals surface area contributed by atoms with Gasteiger partial charge in [0.05, 0.1) is 55.6 Å². The van der Waals surface area contributed by atoms with Crippen molar-refractivity contribution in [3.63, 3.8) is 0 Å². The third-order valence-corrected chi connectivity index (χ3v) is 8.64. The lowest BCUT2D eigenvalue weighted by Crippen LogP contribution is -2.53. The summed E-state index contributed by atoms with van der Waals surface area (Å²) in [6, 6.07) is 5.49. The van der Waals surface area contributed by atoms with Crippen molar-refractivity contribution in [3.8, 4) is 11.1 Å². The van der Waals surface area contributed by atoms with Gasteiger partial charge in [-0.15, -0.1) is 4.80 Å². The number of Topliss-reactive ketones (excluding diaryl/α,β-unsaturated/α-hetero) is 1. The number of hydrogen-bond donors (Lipinski definition) is 0. The van der Waals surface area contributed by atoms with Crippen LogP contribution in [0.5, 0.6) is 0 Å². The van der Waals surface area contributed by atoms with Gasteiger partial charge in [-0.2, -0.15) is 15.5 Å². The van der Waals surface area contributed by atoms with E-state index in [1.54, 1.807) is 13.8 Å². The van der Waals surface area contributed by atoms with Crippen molar-refractivity contribution in [1.29, 1.82) is 5.26 Å². The Morgan fingerprint density at radius 1 is 1.18 bits per heavy atom. The average Bonchev–Trinajstić information content (AvgIpc) is 3.62. The number of hydrogen-bond acceptors (Lipinski definition) is 10. The highest BCUT2D eigenvalue weighted by Gasteiger charge is 2.36.